The van der Waals surface area contributed by atoms with E-state index in [0.717, 1.165) is 18.4 Å². The molecule has 1 aliphatic rings. The van der Waals surface area contributed by atoms with Crippen LogP contribution in [0.4, 0.5) is 0 Å². The van der Waals surface area contributed by atoms with Crippen LogP contribution in [0.1, 0.15) is 57.2 Å². The summed E-state index contributed by atoms with van der Waals surface area (Å²) in [6.45, 7) is 6.78. The van der Waals surface area contributed by atoms with Crippen LogP contribution in [-0.4, -0.2) is 11.2 Å². The van der Waals surface area contributed by atoms with Gasteiger partial charge in [-0.2, -0.15) is 0 Å². The summed E-state index contributed by atoms with van der Waals surface area (Å²) in [7, 11) is 0. The maximum Gasteiger partial charge on any atom is 0.0741 e. The molecule has 0 aromatic heterocycles. The van der Waals surface area contributed by atoms with Crippen LogP contribution in [0.25, 0.3) is 0 Å². The van der Waals surface area contributed by atoms with Gasteiger partial charge in [-0.1, -0.05) is 51.5 Å². The van der Waals surface area contributed by atoms with Gasteiger partial charge < -0.3 is 10.8 Å². The first-order valence-corrected chi connectivity index (χ1v) is 7.01. The number of fused-ring (bicyclic) bond motifs is 1. The van der Waals surface area contributed by atoms with Gasteiger partial charge in [0.2, 0.25) is 0 Å². The summed E-state index contributed by atoms with van der Waals surface area (Å²) in [6.07, 6.45) is 2.65. The Bertz CT molecular complexity index is 417. The van der Waals surface area contributed by atoms with Crippen molar-refractivity contribution in [3.63, 3.8) is 0 Å². The summed E-state index contributed by atoms with van der Waals surface area (Å²) in [6, 6.07) is 8.12. The quantitative estimate of drug-likeness (QED) is 0.862. The molecule has 2 rings (SSSR count). The van der Waals surface area contributed by atoms with Gasteiger partial charge in [-0.3, -0.25) is 0 Å². The van der Waals surface area contributed by atoms with E-state index < -0.39 is 6.10 Å². The van der Waals surface area contributed by atoms with Gasteiger partial charge in [0.05, 0.1) is 12.1 Å². The van der Waals surface area contributed by atoms with Crippen molar-refractivity contribution >= 4 is 0 Å². The third kappa shape index (κ3) is 2.32. The fraction of sp³-hybridized carbons (Fsp3) is 0.625. The van der Waals surface area contributed by atoms with Gasteiger partial charge in [0.25, 0.3) is 0 Å². The van der Waals surface area contributed by atoms with Crippen molar-refractivity contribution in [2.24, 2.45) is 11.7 Å². The molecule has 2 heteroatoms. The Morgan fingerprint density at radius 1 is 1.44 bits per heavy atom. The zero-order chi connectivity index (χ0) is 13.3. The second-order valence-corrected chi connectivity index (χ2v) is 6.16. The molecule has 0 saturated heterocycles. The van der Waals surface area contributed by atoms with Gasteiger partial charge in [0, 0.05) is 0 Å². The van der Waals surface area contributed by atoms with Crippen LogP contribution < -0.4 is 5.73 Å². The highest BCUT2D eigenvalue weighted by molar-refractivity contribution is 5.39. The second-order valence-electron chi connectivity index (χ2n) is 6.16. The number of nitrogens with two attached hydrogens (primary N) is 1. The molecule has 4 unspecified atom stereocenters. The van der Waals surface area contributed by atoms with Crippen molar-refractivity contribution in [3.8, 4) is 0 Å². The molecule has 0 fully saturated rings. The Hall–Kier alpha value is -0.860. The molecule has 0 saturated carbocycles. The van der Waals surface area contributed by atoms with Crippen LogP contribution in [0, 0.1) is 5.92 Å². The van der Waals surface area contributed by atoms with E-state index in [4.69, 9.17) is 5.73 Å². The zero-order valence-electron chi connectivity index (χ0n) is 11.7. The minimum absolute atomic E-state index is 0.0569. The monoisotopic (exact) mass is 247 g/mol. The molecular weight excluding hydrogens is 222 g/mol. The van der Waals surface area contributed by atoms with E-state index >= 15 is 0 Å². The average Bonchev–Trinajstić information content (AvgIpc) is 2.36. The van der Waals surface area contributed by atoms with E-state index in [-0.39, 0.29) is 11.5 Å². The lowest BCUT2D eigenvalue weighted by Gasteiger charge is -2.42. The molecule has 0 spiro atoms. The summed E-state index contributed by atoms with van der Waals surface area (Å²) in [5.74, 6) is 0.671. The largest absolute Gasteiger partial charge is 0.391 e. The molecule has 2 nitrogen and oxygen atoms in total. The Morgan fingerprint density at radius 2 is 2.11 bits per heavy atom. The van der Waals surface area contributed by atoms with Crippen LogP contribution in [0.2, 0.25) is 0 Å². The van der Waals surface area contributed by atoms with Gasteiger partial charge in [-0.05, 0) is 35.3 Å². The average molecular weight is 247 g/mol. The first kappa shape index (κ1) is 13.6. The lowest BCUT2D eigenvalue weighted by Crippen LogP contribution is -2.42. The van der Waals surface area contributed by atoms with E-state index in [2.05, 4.69) is 39.0 Å². The van der Waals surface area contributed by atoms with Crippen LogP contribution in [0.15, 0.2) is 24.3 Å². The zero-order valence-corrected chi connectivity index (χ0v) is 11.7. The van der Waals surface area contributed by atoms with Crippen LogP contribution in [0.5, 0.6) is 0 Å². The van der Waals surface area contributed by atoms with Crippen LogP contribution in [0.3, 0.4) is 0 Å². The minimum atomic E-state index is -0.422. The molecule has 1 aliphatic carbocycles. The predicted octanol–water partition coefficient (Wildman–Crippen LogP) is 3.14. The Kier molecular flexibility index (Phi) is 3.79. The first-order valence-electron chi connectivity index (χ1n) is 7.01. The number of aliphatic hydroxyl groups excluding tert-OH is 1. The molecule has 0 bridgehead atoms. The van der Waals surface area contributed by atoms with Gasteiger partial charge >= 0.3 is 0 Å². The van der Waals surface area contributed by atoms with Crippen molar-refractivity contribution in [1.29, 1.82) is 0 Å². The molecule has 1 aromatic carbocycles. The summed E-state index contributed by atoms with van der Waals surface area (Å²) in [5, 5.41) is 10.2. The molecule has 100 valence electrons. The fourth-order valence-electron chi connectivity index (χ4n) is 3.35. The number of hydrogen-bond acceptors (Lipinski definition) is 2. The molecule has 18 heavy (non-hydrogen) atoms. The SMILES string of the molecule is CCC(C)CC1(C)CC(O)C(N)c2ccccc21. The van der Waals surface area contributed by atoms with Crippen molar-refractivity contribution in [3.05, 3.63) is 35.4 Å². The lowest BCUT2D eigenvalue weighted by molar-refractivity contribution is 0.0869. The highest BCUT2D eigenvalue weighted by atomic mass is 16.3. The van der Waals surface area contributed by atoms with Crippen molar-refractivity contribution < 1.29 is 5.11 Å². The Morgan fingerprint density at radius 3 is 2.78 bits per heavy atom. The highest BCUT2D eigenvalue weighted by Crippen LogP contribution is 2.44. The number of hydrogen-bond donors (Lipinski definition) is 2. The summed E-state index contributed by atoms with van der Waals surface area (Å²) < 4.78 is 0. The minimum Gasteiger partial charge on any atom is -0.391 e. The second kappa shape index (κ2) is 5.02. The lowest BCUT2D eigenvalue weighted by atomic mass is 9.65. The Balaban J connectivity index is 2.40. The maximum atomic E-state index is 10.2. The van der Waals surface area contributed by atoms with Crippen molar-refractivity contribution in [2.45, 2.75) is 57.6 Å². The topological polar surface area (TPSA) is 46.2 Å². The maximum absolute atomic E-state index is 10.2. The molecule has 0 radical (unpaired) electrons. The predicted molar refractivity (Wildman–Crippen MR) is 75.4 cm³/mol. The van der Waals surface area contributed by atoms with E-state index in [9.17, 15) is 5.11 Å². The molecule has 0 amide bonds. The van der Waals surface area contributed by atoms with E-state index in [1.807, 2.05) is 6.07 Å². The van der Waals surface area contributed by atoms with Gasteiger partial charge in [-0.25, -0.2) is 0 Å². The third-order valence-corrected chi connectivity index (χ3v) is 4.54. The van der Waals surface area contributed by atoms with Gasteiger partial charge in [-0.15, -0.1) is 0 Å². The molecule has 3 N–H and O–H groups in total. The molecule has 4 atom stereocenters. The standard InChI is InChI=1S/C16H25NO/c1-4-11(2)9-16(3)10-14(18)15(17)12-7-5-6-8-13(12)16/h5-8,11,14-15,18H,4,9-10,17H2,1-3H3. The van der Waals surface area contributed by atoms with E-state index in [1.165, 1.54) is 12.0 Å². The van der Waals surface area contributed by atoms with Gasteiger partial charge in [0.1, 0.15) is 0 Å². The van der Waals surface area contributed by atoms with Crippen molar-refractivity contribution in [1.82, 2.24) is 0 Å². The molecular formula is C16H25NO. The van der Waals surface area contributed by atoms with Crippen molar-refractivity contribution in [2.75, 3.05) is 0 Å². The van der Waals surface area contributed by atoms with E-state index in [1.54, 1.807) is 0 Å². The van der Waals surface area contributed by atoms with Crippen LogP contribution >= 0.6 is 0 Å². The summed E-state index contributed by atoms with van der Waals surface area (Å²) >= 11 is 0. The summed E-state index contributed by atoms with van der Waals surface area (Å²) in [4.78, 5) is 0. The third-order valence-electron chi connectivity index (χ3n) is 4.54. The normalized spacial score (nSPS) is 32.9. The molecule has 0 aliphatic heterocycles. The number of benzene rings is 1. The van der Waals surface area contributed by atoms with Crippen LogP contribution in [-0.2, 0) is 5.41 Å². The van der Waals surface area contributed by atoms with Gasteiger partial charge in [0.15, 0.2) is 0 Å². The number of rotatable bonds is 3. The van der Waals surface area contributed by atoms with E-state index in [0.29, 0.717) is 5.92 Å². The first-order chi connectivity index (χ1) is 8.48. The number of aliphatic hydroxyl groups is 1. The Labute approximate surface area is 110 Å². The fourth-order valence-corrected chi connectivity index (χ4v) is 3.35. The summed E-state index contributed by atoms with van der Waals surface area (Å²) in [5.41, 5.74) is 8.64. The molecule has 1 aromatic rings. The molecule has 0 heterocycles. The smallest absolute Gasteiger partial charge is 0.0741 e. The highest BCUT2D eigenvalue weighted by Gasteiger charge is 2.40.